The van der Waals surface area contributed by atoms with Gasteiger partial charge in [0.25, 0.3) is 0 Å². The van der Waals surface area contributed by atoms with Gasteiger partial charge in [-0.2, -0.15) is 0 Å². The van der Waals surface area contributed by atoms with Crippen LogP contribution < -0.4 is 10.6 Å². The number of carbonyl (C=O) groups is 2. The second kappa shape index (κ2) is 21.2. The van der Waals surface area contributed by atoms with Crippen LogP contribution in [-0.2, 0) is 9.59 Å². The first-order chi connectivity index (χ1) is 13.2. The van der Waals surface area contributed by atoms with E-state index in [1.165, 1.54) is 77.0 Å². The largest absolute Gasteiger partial charge is 0.339 e. The molecule has 0 fully saturated rings. The van der Waals surface area contributed by atoms with E-state index >= 15 is 0 Å². The first kappa shape index (κ1) is 25.9. The molecule has 0 radical (unpaired) electrons. The molecule has 0 unspecified atom stereocenters. The molecule has 160 valence electrons. The maximum Gasteiger partial charge on any atom is 0.221 e. The smallest absolute Gasteiger partial charge is 0.221 e. The number of rotatable bonds is 20. The highest BCUT2D eigenvalue weighted by Gasteiger charge is 2.03. The fourth-order valence-electron chi connectivity index (χ4n) is 3.26. The van der Waals surface area contributed by atoms with E-state index in [1.54, 1.807) is 0 Å². The van der Waals surface area contributed by atoms with Crippen LogP contribution in [0.25, 0.3) is 0 Å². The first-order valence-corrected chi connectivity index (χ1v) is 11.7. The van der Waals surface area contributed by atoms with Gasteiger partial charge in [0.1, 0.15) is 0 Å². The van der Waals surface area contributed by atoms with E-state index in [1.807, 2.05) is 0 Å². The van der Waals surface area contributed by atoms with E-state index in [9.17, 15) is 9.59 Å². The zero-order valence-electron chi connectivity index (χ0n) is 18.3. The molecule has 0 aliphatic heterocycles. The van der Waals surface area contributed by atoms with E-state index in [-0.39, 0.29) is 18.5 Å². The van der Waals surface area contributed by atoms with Crippen LogP contribution in [0.3, 0.4) is 0 Å². The Morgan fingerprint density at radius 2 is 0.778 bits per heavy atom. The third kappa shape index (κ3) is 21.1. The summed E-state index contributed by atoms with van der Waals surface area (Å²) in [5.74, 6) is 0.0988. The maximum absolute atomic E-state index is 11.7. The van der Waals surface area contributed by atoms with Crippen LogP contribution in [0, 0.1) is 0 Å². The van der Waals surface area contributed by atoms with Crippen molar-refractivity contribution in [3.05, 3.63) is 0 Å². The highest BCUT2D eigenvalue weighted by atomic mass is 16.2. The lowest BCUT2D eigenvalue weighted by atomic mass is 10.1. The van der Waals surface area contributed by atoms with Gasteiger partial charge in [0.2, 0.25) is 11.8 Å². The summed E-state index contributed by atoms with van der Waals surface area (Å²) >= 11 is 0. The van der Waals surface area contributed by atoms with Crippen LogP contribution in [-0.4, -0.2) is 18.5 Å². The molecular weight excluding hydrogens is 336 g/mol. The van der Waals surface area contributed by atoms with Gasteiger partial charge in [-0.15, -0.1) is 0 Å². The van der Waals surface area contributed by atoms with Crippen molar-refractivity contribution >= 4 is 11.8 Å². The van der Waals surface area contributed by atoms with Crippen molar-refractivity contribution in [1.82, 2.24) is 10.6 Å². The minimum atomic E-state index is 0.0494. The van der Waals surface area contributed by atoms with Gasteiger partial charge < -0.3 is 10.6 Å². The Hall–Kier alpha value is -1.06. The lowest BCUT2D eigenvalue weighted by molar-refractivity contribution is -0.123. The molecule has 0 aromatic carbocycles. The van der Waals surface area contributed by atoms with Crippen LogP contribution in [0.5, 0.6) is 0 Å². The molecule has 4 heteroatoms. The Kier molecular flexibility index (Phi) is 20.4. The molecule has 0 saturated heterocycles. The van der Waals surface area contributed by atoms with E-state index in [0.29, 0.717) is 12.8 Å². The zero-order valence-corrected chi connectivity index (χ0v) is 18.3. The predicted octanol–water partition coefficient (Wildman–Crippen LogP) is 6.24. The second-order valence-corrected chi connectivity index (χ2v) is 7.83. The van der Waals surface area contributed by atoms with Crippen LogP contribution in [0.4, 0.5) is 0 Å². The first-order valence-electron chi connectivity index (χ1n) is 11.7. The number of nitrogens with one attached hydrogen (secondary N) is 2. The van der Waals surface area contributed by atoms with Crippen molar-refractivity contribution in [1.29, 1.82) is 0 Å². The molecule has 0 heterocycles. The molecule has 0 atom stereocenters. The molecule has 0 rings (SSSR count). The quantitative estimate of drug-likeness (QED) is 0.193. The van der Waals surface area contributed by atoms with Crippen molar-refractivity contribution in [2.75, 3.05) is 6.67 Å². The van der Waals surface area contributed by atoms with Gasteiger partial charge in [-0.25, -0.2) is 0 Å². The van der Waals surface area contributed by atoms with Gasteiger partial charge in [0.15, 0.2) is 0 Å². The van der Waals surface area contributed by atoms with Crippen LogP contribution in [0.1, 0.15) is 129 Å². The minimum Gasteiger partial charge on any atom is -0.339 e. The third-order valence-electron chi connectivity index (χ3n) is 5.09. The summed E-state index contributed by atoms with van der Waals surface area (Å²) in [5.41, 5.74) is 0. The van der Waals surface area contributed by atoms with Crippen LogP contribution >= 0.6 is 0 Å². The molecular formula is C23H46N2O2. The molecule has 4 nitrogen and oxygen atoms in total. The molecule has 0 aromatic rings. The predicted molar refractivity (Wildman–Crippen MR) is 116 cm³/mol. The van der Waals surface area contributed by atoms with Gasteiger partial charge in [0, 0.05) is 12.8 Å². The summed E-state index contributed by atoms with van der Waals surface area (Å²) < 4.78 is 0. The molecule has 0 aromatic heterocycles. The molecule has 0 spiro atoms. The van der Waals surface area contributed by atoms with E-state index in [0.717, 1.165) is 25.7 Å². The normalized spacial score (nSPS) is 10.7. The number of hydrogen-bond donors (Lipinski definition) is 2. The molecule has 0 aliphatic rings. The van der Waals surface area contributed by atoms with Crippen molar-refractivity contribution in [2.24, 2.45) is 0 Å². The average Bonchev–Trinajstić information content (AvgIpc) is 2.66. The topological polar surface area (TPSA) is 58.2 Å². The molecule has 2 N–H and O–H groups in total. The molecule has 2 amide bonds. The summed E-state index contributed by atoms with van der Waals surface area (Å²) in [6.45, 7) is 4.74. The van der Waals surface area contributed by atoms with Gasteiger partial charge in [-0.3, -0.25) is 9.59 Å². The van der Waals surface area contributed by atoms with E-state index < -0.39 is 0 Å². The number of unbranched alkanes of at least 4 members (excludes halogenated alkanes) is 14. The summed E-state index contributed by atoms with van der Waals surface area (Å²) in [4.78, 5) is 23.5. The second-order valence-electron chi connectivity index (χ2n) is 7.83. The Morgan fingerprint density at radius 3 is 1.11 bits per heavy atom. The van der Waals surface area contributed by atoms with Gasteiger partial charge in [0.05, 0.1) is 6.67 Å². The fraction of sp³-hybridized carbons (Fsp3) is 0.913. The molecule has 0 aliphatic carbocycles. The van der Waals surface area contributed by atoms with Crippen LogP contribution in [0.15, 0.2) is 0 Å². The summed E-state index contributed by atoms with van der Waals surface area (Å²) in [6, 6.07) is 0. The summed E-state index contributed by atoms with van der Waals surface area (Å²) in [7, 11) is 0. The number of amides is 2. The molecule has 0 bridgehead atoms. The Bertz CT molecular complexity index is 313. The van der Waals surface area contributed by atoms with Gasteiger partial charge >= 0.3 is 0 Å². The van der Waals surface area contributed by atoms with E-state index in [2.05, 4.69) is 24.5 Å². The van der Waals surface area contributed by atoms with Crippen molar-refractivity contribution in [3.63, 3.8) is 0 Å². The monoisotopic (exact) mass is 382 g/mol. The van der Waals surface area contributed by atoms with Crippen molar-refractivity contribution in [2.45, 2.75) is 129 Å². The van der Waals surface area contributed by atoms with Crippen LogP contribution in [0.2, 0.25) is 0 Å². The Morgan fingerprint density at radius 1 is 0.481 bits per heavy atom. The Balaban J connectivity index is 3.31. The molecule has 27 heavy (non-hydrogen) atoms. The Labute approximate surface area is 168 Å². The SMILES string of the molecule is CCCCCCCCCCC(=O)NCNC(=O)CCCCCCCCCC. The van der Waals surface area contributed by atoms with E-state index in [4.69, 9.17) is 0 Å². The van der Waals surface area contributed by atoms with Crippen molar-refractivity contribution < 1.29 is 9.59 Å². The highest BCUT2D eigenvalue weighted by Crippen LogP contribution is 2.10. The third-order valence-corrected chi connectivity index (χ3v) is 5.09. The summed E-state index contributed by atoms with van der Waals surface area (Å²) in [6.07, 6.45) is 20.9. The average molecular weight is 383 g/mol. The van der Waals surface area contributed by atoms with Gasteiger partial charge in [-0.1, -0.05) is 104 Å². The number of hydrogen-bond acceptors (Lipinski definition) is 2. The lowest BCUT2D eigenvalue weighted by Crippen LogP contribution is -2.37. The van der Waals surface area contributed by atoms with Crippen molar-refractivity contribution in [3.8, 4) is 0 Å². The lowest BCUT2D eigenvalue weighted by Gasteiger charge is -2.07. The standard InChI is InChI=1S/C23H46N2O2/c1-3-5-7-9-11-13-15-17-19-22(26)24-21-25-23(27)20-18-16-14-12-10-8-6-4-2/h3-21H2,1-2H3,(H,24,26)(H,25,27). The highest BCUT2D eigenvalue weighted by molar-refractivity contribution is 5.78. The molecule has 0 saturated carbocycles. The number of carbonyl (C=O) groups excluding carboxylic acids is 2. The maximum atomic E-state index is 11.7. The minimum absolute atomic E-state index is 0.0494. The fourth-order valence-corrected chi connectivity index (χ4v) is 3.26. The summed E-state index contributed by atoms with van der Waals surface area (Å²) in [5, 5.41) is 5.58. The zero-order chi connectivity index (χ0) is 20.0. The van der Waals surface area contributed by atoms with Gasteiger partial charge in [-0.05, 0) is 12.8 Å².